The van der Waals surface area contributed by atoms with E-state index in [0.29, 0.717) is 26.2 Å². The molecule has 6 heteroatoms. The lowest BCUT2D eigenvalue weighted by molar-refractivity contribution is -0.120. The summed E-state index contributed by atoms with van der Waals surface area (Å²) in [6, 6.07) is 13.5. The predicted octanol–water partition coefficient (Wildman–Crippen LogP) is 1.93. The molecule has 0 radical (unpaired) electrons. The quantitative estimate of drug-likeness (QED) is 0.930. The second kappa shape index (κ2) is 6.31. The van der Waals surface area contributed by atoms with Gasteiger partial charge in [-0.25, -0.2) is 0 Å². The van der Waals surface area contributed by atoms with Crippen LogP contribution in [0.4, 0.5) is 5.69 Å². The van der Waals surface area contributed by atoms with Crippen LogP contribution in [-0.4, -0.2) is 32.4 Å². The highest BCUT2D eigenvalue weighted by Crippen LogP contribution is 2.32. The first-order valence-electron chi connectivity index (χ1n) is 7.91. The molecule has 1 amide bonds. The summed E-state index contributed by atoms with van der Waals surface area (Å²) in [5.41, 5.74) is 1.94. The van der Waals surface area contributed by atoms with Crippen LogP contribution in [0.1, 0.15) is 5.56 Å². The molecular weight excluding hydrogens is 308 g/mol. The molecule has 0 unspecified atom stereocenters. The van der Waals surface area contributed by atoms with Gasteiger partial charge in [-0.05, 0) is 29.8 Å². The largest absolute Gasteiger partial charge is 0.490 e. The van der Waals surface area contributed by atoms with Crippen LogP contribution in [0.2, 0.25) is 0 Å². The maximum absolute atomic E-state index is 12.3. The third-order valence-electron chi connectivity index (χ3n) is 4.09. The molecule has 0 saturated heterocycles. The molecule has 0 spiro atoms. The molecule has 2 aromatic carbocycles. The number of para-hydroxylation sites is 2. The molecule has 2 aromatic rings. The number of ether oxygens (including phenoxy) is 3. The van der Waals surface area contributed by atoms with Gasteiger partial charge in [-0.15, -0.1) is 0 Å². The highest BCUT2D eigenvalue weighted by atomic mass is 16.7. The fourth-order valence-electron chi connectivity index (χ4n) is 2.87. The molecule has 2 aliphatic heterocycles. The highest BCUT2D eigenvalue weighted by molar-refractivity contribution is 5.82. The van der Waals surface area contributed by atoms with Crippen molar-refractivity contribution in [2.24, 2.45) is 0 Å². The van der Waals surface area contributed by atoms with Crippen molar-refractivity contribution in [3.8, 4) is 17.2 Å². The Morgan fingerprint density at radius 3 is 2.88 bits per heavy atom. The van der Waals surface area contributed by atoms with Crippen molar-refractivity contribution in [1.82, 2.24) is 5.32 Å². The minimum atomic E-state index is -0.0237. The van der Waals surface area contributed by atoms with Crippen molar-refractivity contribution in [2.75, 3.05) is 31.4 Å². The molecule has 24 heavy (non-hydrogen) atoms. The number of carbonyl (C=O) groups excluding carboxylic acids is 1. The molecule has 0 aromatic heterocycles. The number of nitrogens with one attached hydrogen (secondary N) is 1. The average molecular weight is 326 g/mol. The second-order valence-electron chi connectivity index (χ2n) is 5.70. The lowest BCUT2D eigenvalue weighted by atomic mass is 10.2. The zero-order chi connectivity index (χ0) is 16.4. The Hall–Kier alpha value is -2.89. The zero-order valence-corrected chi connectivity index (χ0v) is 13.2. The van der Waals surface area contributed by atoms with E-state index in [1.807, 2.05) is 47.4 Å². The summed E-state index contributed by atoms with van der Waals surface area (Å²) < 4.78 is 16.2. The minimum absolute atomic E-state index is 0.0237. The van der Waals surface area contributed by atoms with E-state index in [4.69, 9.17) is 14.2 Å². The zero-order valence-electron chi connectivity index (χ0n) is 13.2. The summed E-state index contributed by atoms with van der Waals surface area (Å²) in [4.78, 5) is 14.3. The summed E-state index contributed by atoms with van der Waals surface area (Å²) in [6.07, 6.45) is 0. The molecule has 0 fully saturated rings. The van der Waals surface area contributed by atoms with E-state index in [-0.39, 0.29) is 12.7 Å². The van der Waals surface area contributed by atoms with E-state index < -0.39 is 0 Å². The van der Waals surface area contributed by atoms with E-state index in [2.05, 4.69) is 5.32 Å². The first-order valence-corrected chi connectivity index (χ1v) is 7.91. The van der Waals surface area contributed by atoms with Gasteiger partial charge in [0.05, 0.1) is 18.8 Å². The molecule has 124 valence electrons. The second-order valence-corrected chi connectivity index (χ2v) is 5.70. The van der Waals surface area contributed by atoms with Crippen LogP contribution in [0.15, 0.2) is 42.5 Å². The summed E-state index contributed by atoms with van der Waals surface area (Å²) in [6.45, 7) is 2.31. The summed E-state index contributed by atoms with van der Waals surface area (Å²) in [5.74, 6) is 2.27. The normalized spacial score (nSPS) is 14.8. The SMILES string of the molecule is O=C(CN1CCOc2ccccc21)NCc1ccc2c(c1)OCO2. The maximum atomic E-state index is 12.3. The van der Waals surface area contributed by atoms with Crippen LogP contribution in [0, 0.1) is 0 Å². The average Bonchev–Trinajstić information content (AvgIpc) is 3.08. The summed E-state index contributed by atoms with van der Waals surface area (Å²) in [7, 11) is 0. The first-order chi connectivity index (χ1) is 11.8. The van der Waals surface area contributed by atoms with Crippen LogP contribution in [0.25, 0.3) is 0 Å². The third kappa shape index (κ3) is 2.95. The van der Waals surface area contributed by atoms with Crippen molar-refractivity contribution in [2.45, 2.75) is 6.54 Å². The minimum Gasteiger partial charge on any atom is -0.490 e. The molecule has 2 heterocycles. The number of fused-ring (bicyclic) bond motifs is 2. The number of hydrogen-bond donors (Lipinski definition) is 1. The van der Waals surface area contributed by atoms with Crippen LogP contribution in [0.5, 0.6) is 17.2 Å². The Bertz CT molecular complexity index is 762. The van der Waals surface area contributed by atoms with E-state index in [1.54, 1.807) is 0 Å². The topological polar surface area (TPSA) is 60.0 Å². The van der Waals surface area contributed by atoms with Gasteiger partial charge in [0.25, 0.3) is 0 Å². The molecule has 0 aliphatic carbocycles. The predicted molar refractivity (Wildman–Crippen MR) is 88.6 cm³/mol. The van der Waals surface area contributed by atoms with E-state index in [1.165, 1.54) is 0 Å². The number of carbonyl (C=O) groups is 1. The monoisotopic (exact) mass is 326 g/mol. The van der Waals surface area contributed by atoms with Crippen LogP contribution < -0.4 is 24.4 Å². The highest BCUT2D eigenvalue weighted by Gasteiger charge is 2.19. The van der Waals surface area contributed by atoms with Gasteiger partial charge in [0.15, 0.2) is 11.5 Å². The van der Waals surface area contributed by atoms with Crippen molar-refractivity contribution in [1.29, 1.82) is 0 Å². The van der Waals surface area contributed by atoms with Crippen molar-refractivity contribution >= 4 is 11.6 Å². The Morgan fingerprint density at radius 1 is 1.04 bits per heavy atom. The van der Waals surface area contributed by atoms with Gasteiger partial charge in [-0.1, -0.05) is 18.2 Å². The molecule has 0 bridgehead atoms. The van der Waals surface area contributed by atoms with Gasteiger partial charge in [-0.3, -0.25) is 4.79 Å². The van der Waals surface area contributed by atoms with E-state index in [0.717, 1.165) is 28.5 Å². The number of amides is 1. The van der Waals surface area contributed by atoms with Crippen molar-refractivity contribution in [3.63, 3.8) is 0 Å². The number of anilines is 1. The first kappa shape index (κ1) is 14.7. The molecule has 0 atom stereocenters. The molecule has 6 nitrogen and oxygen atoms in total. The standard InChI is InChI=1S/C18H18N2O4/c21-18(11-20-7-8-22-15-4-2-1-3-14(15)20)19-10-13-5-6-16-17(9-13)24-12-23-16/h1-6,9H,7-8,10-12H2,(H,19,21). The lowest BCUT2D eigenvalue weighted by Gasteiger charge is -2.30. The van der Waals surface area contributed by atoms with Gasteiger partial charge in [0, 0.05) is 6.54 Å². The summed E-state index contributed by atoms with van der Waals surface area (Å²) >= 11 is 0. The van der Waals surface area contributed by atoms with Gasteiger partial charge in [-0.2, -0.15) is 0 Å². The fourth-order valence-corrected chi connectivity index (χ4v) is 2.87. The summed E-state index contributed by atoms with van der Waals surface area (Å²) in [5, 5.41) is 2.95. The Kier molecular flexibility index (Phi) is 3.86. The maximum Gasteiger partial charge on any atom is 0.239 e. The van der Waals surface area contributed by atoms with Gasteiger partial charge >= 0.3 is 0 Å². The van der Waals surface area contributed by atoms with E-state index in [9.17, 15) is 4.79 Å². The Balaban J connectivity index is 1.36. The number of benzene rings is 2. The molecule has 1 N–H and O–H groups in total. The van der Waals surface area contributed by atoms with Gasteiger partial charge < -0.3 is 24.4 Å². The van der Waals surface area contributed by atoms with Gasteiger partial charge in [0.1, 0.15) is 12.4 Å². The molecule has 4 rings (SSSR count). The Labute approximate surface area is 139 Å². The van der Waals surface area contributed by atoms with Crippen LogP contribution in [0.3, 0.4) is 0 Å². The van der Waals surface area contributed by atoms with E-state index >= 15 is 0 Å². The molecular formula is C18H18N2O4. The number of nitrogens with zero attached hydrogens (tertiary/aromatic N) is 1. The fraction of sp³-hybridized carbons (Fsp3) is 0.278. The Morgan fingerprint density at radius 2 is 1.92 bits per heavy atom. The number of rotatable bonds is 4. The van der Waals surface area contributed by atoms with Crippen molar-refractivity contribution < 1.29 is 19.0 Å². The van der Waals surface area contributed by atoms with Crippen LogP contribution in [-0.2, 0) is 11.3 Å². The van der Waals surface area contributed by atoms with Gasteiger partial charge in [0.2, 0.25) is 12.7 Å². The molecule has 0 saturated carbocycles. The smallest absolute Gasteiger partial charge is 0.239 e. The van der Waals surface area contributed by atoms with Crippen molar-refractivity contribution in [3.05, 3.63) is 48.0 Å². The lowest BCUT2D eigenvalue weighted by Crippen LogP contribution is -2.41. The number of hydrogen-bond acceptors (Lipinski definition) is 5. The third-order valence-corrected chi connectivity index (χ3v) is 4.09. The van der Waals surface area contributed by atoms with Crippen LogP contribution >= 0.6 is 0 Å². The molecule has 2 aliphatic rings.